The molecule has 2 aromatic rings. The Morgan fingerprint density at radius 1 is 1.02 bits per heavy atom. The zero-order valence-electron chi connectivity index (χ0n) is 29.4. The topological polar surface area (TPSA) is 175 Å². The molecular formula is C38H46F3NO11. The van der Waals surface area contributed by atoms with Crippen molar-refractivity contribution in [2.24, 2.45) is 11.8 Å². The summed E-state index contributed by atoms with van der Waals surface area (Å²) in [7, 11) is 1.43. The van der Waals surface area contributed by atoms with Gasteiger partial charge >= 0.3 is 18.1 Å². The summed E-state index contributed by atoms with van der Waals surface area (Å²) < 4.78 is 54.8. The number of methoxy groups -OCH3 is 1. The number of aliphatic hydroxyl groups is 3. The summed E-state index contributed by atoms with van der Waals surface area (Å²) in [6.45, 7) is -0.201. The molecule has 0 amide bonds. The molecule has 0 aliphatic heterocycles. The summed E-state index contributed by atoms with van der Waals surface area (Å²) in [6.07, 6.45) is 5.73. The maximum absolute atomic E-state index is 13.0. The predicted molar refractivity (Wildman–Crippen MR) is 187 cm³/mol. The van der Waals surface area contributed by atoms with Crippen molar-refractivity contribution in [3.05, 3.63) is 99.6 Å². The summed E-state index contributed by atoms with van der Waals surface area (Å²) in [5.74, 6) is -1.12. The zero-order valence-corrected chi connectivity index (χ0v) is 29.4. The van der Waals surface area contributed by atoms with E-state index in [1.165, 1.54) is 19.3 Å². The molecule has 0 heterocycles. The van der Waals surface area contributed by atoms with Crippen LogP contribution in [0.15, 0.2) is 72.8 Å². The summed E-state index contributed by atoms with van der Waals surface area (Å²) in [6, 6.07) is 9.90. The first-order valence-electron chi connectivity index (χ1n) is 17.3. The molecule has 0 spiro atoms. The first kappa shape index (κ1) is 42.7. The van der Waals surface area contributed by atoms with Gasteiger partial charge in [-0.3, -0.25) is 9.59 Å². The first-order valence-corrected chi connectivity index (χ1v) is 17.3. The van der Waals surface area contributed by atoms with Crippen molar-refractivity contribution < 1.29 is 62.2 Å². The first-order chi connectivity index (χ1) is 25.3. The van der Waals surface area contributed by atoms with Gasteiger partial charge in [-0.1, -0.05) is 54.6 Å². The van der Waals surface area contributed by atoms with Gasteiger partial charge < -0.3 is 34.4 Å². The van der Waals surface area contributed by atoms with Crippen molar-refractivity contribution in [1.82, 2.24) is 0 Å². The average Bonchev–Trinajstić information content (AvgIpc) is 3.39. The lowest BCUT2D eigenvalue weighted by Crippen LogP contribution is -2.20. The molecule has 1 aliphatic rings. The highest BCUT2D eigenvalue weighted by Gasteiger charge is 2.39. The van der Waals surface area contributed by atoms with E-state index in [9.17, 15) is 48.2 Å². The van der Waals surface area contributed by atoms with Gasteiger partial charge in [-0.25, -0.2) is 0 Å². The van der Waals surface area contributed by atoms with Crippen LogP contribution in [0.2, 0.25) is 0 Å². The third-order valence-electron chi connectivity index (χ3n) is 8.57. The van der Waals surface area contributed by atoms with Crippen LogP contribution in [0, 0.1) is 22.0 Å². The van der Waals surface area contributed by atoms with Crippen LogP contribution in [0.4, 0.5) is 13.2 Å². The molecule has 3 rings (SSSR count). The van der Waals surface area contributed by atoms with E-state index in [0.29, 0.717) is 36.1 Å². The second-order valence-corrected chi connectivity index (χ2v) is 12.5. The number of aliphatic hydroxyl groups excluding tert-OH is 3. The molecule has 12 nitrogen and oxygen atoms in total. The fourth-order valence-corrected chi connectivity index (χ4v) is 5.81. The van der Waals surface area contributed by atoms with E-state index < -0.39 is 53.0 Å². The highest BCUT2D eigenvalue weighted by Crippen LogP contribution is 2.37. The van der Waals surface area contributed by atoms with Crippen LogP contribution in [0.5, 0.6) is 11.5 Å². The number of allylic oxidation sites excluding steroid dienone is 2. The molecule has 1 fully saturated rings. The summed E-state index contributed by atoms with van der Waals surface area (Å²) >= 11 is 0. The van der Waals surface area contributed by atoms with E-state index in [1.807, 2.05) is 12.2 Å². The van der Waals surface area contributed by atoms with Crippen LogP contribution in [0.1, 0.15) is 68.1 Å². The zero-order chi connectivity index (χ0) is 38.8. The molecule has 15 heteroatoms. The number of hydrogen-bond donors (Lipinski definition) is 3. The normalized spacial score (nSPS) is 19.5. The fourth-order valence-electron chi connectivity index (χ4n) is 5.81. The van der Waals surface area contributed by atoms with Crippen LogP contribution in [-0.2, 0) is 31.8 Å². The number of nitrogens with zero attached hydrogens (tertiary/aromatic N) is 1. The molecule has 1 aliphatic carbocycles. The lowest BCUT2D eigenvalue weighted by molar-refractivity contribution is -0.757. The molecule has 0 unspecified atom stereocenters. The lowest BCUT2D eigenvalue weighted by Gasteiger charge is -2.19. The van der Waals surface area contributed by atoms with Crippen molar-refractivity contribution >= 4 is 18.0 Å². The minimum absolute atomic E-state index is 0.00903. The van der Waals surface area contributed by atoms with Crippen molar-refractivity contribution in [2.45, 2.75) is 82.3 Å². The van der Waals surface area contributed by atoms with E-state index >= 15 is 0 Å². The number of benzene rings is 2. The number of aryl methyl sites for hydroxylation is 1. The Balaban J connectivity index is 1.38. The predicted octanol–water partition coefficient (Wildman–Crippen LogP) is 6.19. The molecule has 0 saturated heterocycles. The molecule has 3 N–H and O–H groups in total. The Bertz CT molecular complexity index is 1580. The Morgan fingerprint density at radius 2 is 1.79 bits per heavy atom. The highest BCUT2D eigenvalue weighted by molar-refractivity contribution is 5.73. The van der Waals surface area contributed by atoms with Gasteiger partial charge in [-0.05, 0) is 79.8 Å². The van der Waals surface area contributed by atoms with E-state index in [4.69, 9.17) is 14.2 Å². The summed E-state index contributed by atoms with van der Waals surface area (Å²) in [5.41, 5.74) is 0.414. The molecule has 5 atom stereocenters. The SMILES string of the molecule is COc1cc(/C=C/COC(=O)CCCO[N+](=O)[O-])ccc1OC(=O)CCC/C=C\C[C@@H]1[C@@H](/C=C/[C@@H](O)CCc2cccc(C(F)(F)F)c2)[C@H](O)C[C@@H]1O. The van der Waals surface area contributed by atoms with Gasteiger partial charge in [0.05, 0.1) is 37.6 Å². The molecule has 2 aromatic carbocycles. The quantitative estimate of drug-likeness (QED) is 0.0332. The van der Waals surface area contributed by atoms with Crippen LogP contribution < -0.4 is 9.47 Å². The third-order valence-corrected chi connectivity index (χ3v) is 8.57. The van der Waals surface area contributed by atoms with Crippen LogP contribution in [0.25, 0.3) is 6.08 Å². The van der Waals surface area contributed by atoms with Crippen LogP contribution in [0.3, 0.4) is 0 Å². The number of rotatable bonds is 21. The van der Waals surface area contributed by atoms with Gasteiger partial charge in [-0.15, -0.1) is 10.1 Å². The second kappa shape index (κ2) is 21.7. The van der Waals surface area contributed by atoms with E-state index in [0.717, 1.165) is 12.1 Å². The molecule has 0 aromatic heterocycles. The van der Waals surface area contributed by atoms with E-state index in [2.05, 4.69) is 4.84 Å². The van der Waals surface area contributed by atoms with Gasteiger partial charge in [0.25, 0.3) is 5.09 Å². The Kier molecular flexibility index (Phi) is 17.5. The van der Waals surface area contributed by atoms with Gasteiger partial charge in [0.1, 0.15) is 6.61 Å². The van der Waals surface area contributed by atoms with Gasteiger partial charge in [0.2, 0.25) is 0 Å². The van der Waals surface area contributed by atoms with E-state index in [1.54, 1.807) is 42.5 Å². The molecule has 0 radical (unpaired) electrons. The molecule has 1 saturated carbocycles. The smallest absolute Gasteiger partial charge is 0.416 e. The van der Waals surface area contributed by atoms with Crippen molar-refractivity contribution in [2.75, 3.05) is 20.3 Å². The number of carbonyl (C=O) groups excluding carboxylic acids is 2. The number of esters is 2. The Hall–Kier alpha value is -4.73. The monoisotopic (exact) mass is 749 g/mol. The van der Waals surface area contributed by atoms with Crippen molar-refractivity contribution in [3.8, 4) is 11.5 Å². The average molecular weight is 750 g/mol. The number of halogens is 3. The number of ether oxygens (including phenoxy) is 3. The third kappa shape index (κ3) is 15.4. The summed E-state index contributed by atoms with van der Waals surface area (Å²) in [4.78, 5) is 38.4. The largest absolute Gasteiger partial charge is 0.493 e. The highest BCUT2D eigenvalue weighted by atomic mass is 19.4. The number of carbonyl (C=O) groups is 2. The minimum Gasteiger partial charge on any atom is -0.493 e. The van der Waals surface area contributed by atoms with Crippen LogP contribution >= 0.6 is 0 Å². The number of hydrogen-bond acceptors (Lipinski definition) is 11. The standard InChI is InChI=1S/C38H46F3NO11/c1-50-35-24-27(10-7-21-51-36(46)14-8-22-52-42(48)49)16-20-34(35)53-37(47)13-5-3-2-4-12-30-31(33(45)25-32(30)44)19-18-29(43)17-15-26-9-6-11-28(23-26)38(39,40)41/h2,4,6-7,9-11,16,18-20,23-24,29-33,43-45H,3,5,8,12-15,17,21-22,25H2,1H3/b4-2-,10-7+,19-18+/t29-,30+,31+,32-,33+/m0/s1. The maximum atomic E-state index is 13.0. The number of unbranched alkanes of at least 4 members (excludes halogenated alkanes) is 1. The van der Waals surface area contributed by atoms with Gasteiger partial charge in [-0.2, -0.15) is 13.2 Å². The second-order valence-electron chi connectivity index (χ2n) is 12.5. The Labute approximate surface area is 305 Å². The Morgan fingerprint density at radius 3 is 2.53 bits per heavy atom. The lowest BCUT2D eigenvalue weighted by atomic mass is 9.89. The molecule has 290 valence electrons. The number of alkyl halides is 3. The maximum Gasteiger partial charge on any atom is 0.416 e. The van der Waals surface area contributed by atoms with Gasteiger partial charge in [0, 0.05) is 25.2 Å². The molecular weight excluding hydrogens is 703 g/mol. The summed E-state index contributed by atoms with van der Waals surface area (Å²) in [5, 5.41) is 40.7. The fraction of sp³-hybridized carbons (Fsp3) is 0.474. The van der Waals surface area contributed by atoms with Crippen molar-refractivity contribution in [3.63, 3.8) is 0 Å². The van der Waals surface area contributed by atoms with Crippen molar-refractivity contribution in [1.29, 1.82) is 0 Å². The van der Waals surface area contributed by atoms with Gasteiger partial charge in [0.15, 0.2) is 11.5 Å². The molecule has 53 heavy (non-hydrogen) atoms. The minimum atomic E-state index is -4.44. The van der Waals surface area contributed by atoms with Crippen LogP contribution in [-0.4, -0.2) is 71.0 Å². The van der Waals surface area contributed by atoms with E-state index in [-0.39, 0.29) is 63.4 Å². The molecule has 0 bridgehead atoms.